The first-order valence-electron chi connectivity index (χ1n) is 7.86. The lowest BCUT2D eigenvalue weighted by molar-refractivity contribution is -0.114. The fraction of sp³-hybridized carbons (Fsp3) is 0.353. The zero-order valence-electron chi connectivity index (χ0n) is 13.8. The van der Waals surface area contributed by atoms with Crippen LogP contribution in [-0.2, 0) is 4.79 Å². The van der Waals surface area contributed by atoms with Crippen LogP contribution in [0.2, 0.25) is 0 Å². The van der Waals surface area contributed by atoms with Crippen molar-refractivity contribution in [1.29, 1.82) is 0 Å². The number of allylic oxidation sites excluding steroid dienone is 2. The highest BCUT2D eigenvalue weighted by molar-refractivity contribution is 5.96. The molecule has 124 valence electrons. The number of nitrogens with zero attached hydrogens (tertiary/aromatic N) is 3. The number of fused-ring (bicyclic) bond motifs is 2. The van der Waals surface area contributed by atoms with E-state index < -0.39 is 0 Å². The average molecular weight is 326 g/mol. The largest absolute Gasteiger partial charge is 0.486 e. The van der Waals surface area contributed by atoms with E-state index in [0.29, 0.717) is 36.3 Å². The first-order valence-corrected chi connectivity index (χ1v) is 7.86. The Morgan fingerprint density at radius 1 is 1.25 bits per heavy atom. The van der Waals surface area contributed by atoms with Crippen molar-refractivity contribution >= 4 is 11.7 Å². The highest BCUT2D eigenvalue weighted by Gasteiger charge is 2.33. The zero-order chi connectivity index (χ0) is 16.8. The molecule has 0 spiro atoms. The number of benzene rings is 1. The number of Topliss-reactive ketones (excluding diaryl/α,β-unsaturated/α-hetero) is 1. The second kappa shape index (κ2) is 5.36. The Bertz CT molecular complexity index is 869. The second-order valence-corrected chi connectivity index (χ2v) is 5.95. The van der Waals surface area contributed by atoms with Crippen LogP contribution in [0.1, 0.15) is 31.3 Å². The van der Waals surface area contributed by atoms with Crippen molar-refractivity contribution in [3.8, 4) is 11.5 Å². The first-order chi connectivity index (χ1) is 11.5. The number of ether oxygens (including phenoxy) is 2. The minimum Gasteiger partial charge on any atom is -0.486 e. The molecule has 0 bridgehead atoms. The lowest BCUT2D eigenvalue weighted by Gasteiger charge is -2.29. The van der Waals surface area contributed by atoms with Crippen molar-refractivity contribution in [2.24, 2.45) is 0 Å². The van der Waals surface area contributed by atoms with Crippen LogP contribution in [0.3, 0.4) is 0 Å². The Morgan fingerprint density at radius 3 is 2.75 bits per heavy atom. The van der Waals surface area contributed by atoms with E-state index in [1.54, 1.807) is 11.6 Å². The summed E-state index contributed by atoms with van der Waals surface area (Å²) in [5.41, 5.74) is 2.38. The topological polar surface area (TPSA) is 78.3 Å². The number of hydrogen-bond donors (Lipinski definition) is 1. The molecule has 0 amide bonds. The van der Waals surface area contributed by atoms with Gasteiger partial charge < -0.3 is 14.8 Å². The lowest BCUT2D eigenvalue weighted by Crippen LogP contribution is -2.28. The molecule has 0 aliphatic carbocycles. The maximum atomic E-state index is 12.3. The van der Waals surface area contributed by atoms with Crippen LogP contribution in [0.25, 0.3) is 0 Å². The molecular weight excluding hydrogens is 308 g/mol. The van der Waals surface area contributed by atoms with Gasteiger partial charge in [0.2, 0.25) is 5.95 Å². The lowest BCUT2D eigenvalue weighted by atomic mass is 9.93. The average Bonchev–Trinajstić information content (AvgIpc) is 2.92. The van der Waals surface area contributed by atoms with Gasteiger partial charge in [0.15, 0.2) is 17.3 Å². The number of ketones is 1. The molecule has 4 rings (SSSR count). The summed E-state index contributed by atoms with van der Waals surface area (Å²) < 4.78 is 13.0. The predicted octanol–water partition coefficient (Wildman–Crippen LogP) is 2.24. The fourth-order valence-electron chi connectivity index (χ4n) is 3.25. The van der Waals surface area contributed by atoms with Crippen molar-refractivity contribution < 1.29 is 14.3 Å². The Hall–Kier alpha value is -2.83. The fourth-order valence-corrected chi connectivity index (χ4v) is 3.25. The molecular formula is C17H18N4O3. The highest BCUT2D eigenvalue weighted by atomic mass is 16.6. The molecule has 24 heavy (non-hydrogen) atoms. The number of rotatable bonds is 2. The molecule has 0 saturated carbocycles. The molecule has 0 radical (unpaired) electrons. The van der Waals surface area contributed by atoms with Gasteiger partial charge in [0, 0.05) is 11.3 Å². The Balaban J connectivity index is 1.88. The Labute approximate surface area is 139 Å². The van der Waals surface area contributed by atoms with Gasteiger partial charge in [-0.05, 0) is 38.5 Å². The number of carbonyl (C=O) groups excluding carboxylic acids is 1. The number of carbonyl (C=O) groups is 1. The molecule has 1 N–H and O–H groups in total. The molecule has 3 heterocycles. The number of anilines is 1. The molecule has 7 heteroatoms. The van der Waals surface area contributed by atoms with Gasteiger partial charge in [-0.25, -0.2) is 4.68 Å². The van der Waals surface area contributed by atoms with E-state index in [0.717, 1.165) is 17.0 Å². The summed E-state index contributed by atoms with van der Waals surface area (Å²) in [6, 6.07) is 5.40. The normalized spacial score (nSPS) is 18.9. The molecule has 0 fully saturated rings. The van der Waals surface area contributed by atoms with Gasteiger partial charge >= 0.3 is 0 Å². The van der Waals surface area contributed by atoms with Gasteiger partial charge in [-0.3, -0.25) is 4.79 Å². The van der Waals surface area contributed by atoms with Gasteiger partial charge in [-0.2, -0.15) is 10.1 Å². The summed E-state index contributed by atoms with van der Waals surface area (Å²) in [6.45, 7) is 6.35. The van der Waals surface area contributed by atoms with Crippen molar-refractivity contribution in [3.05, 3.63) is 40.9 Å². The van der Waals surface area contributed by atoms with Gasteiger partial charge in [0.25, 0.3) is 0 Å². The predicted molar refractivity (Wildman–Crippen MR) is 87.3 cm³/mol. The molecule has 0 saturated heterocycles. The molecule has 1 aromatic carbocycles. The Kier molecular flexibility index (Phi) is 3.30. The van der Waals surface area contributed by atoms with Crippen LogP contribution in [0.15, 0.2) is 29.5 Å². The summed E-state index contributed by atoms with van der Waals surface area (Å²) in [7, 11) is 0. The summed E-state index contributed by atoms with van der Waals surface area (Å²) >= 11 is 0. The molecule has 2 aliphatic rings. The van der Waals surface area contributed by atoms with E-state index in [1.165, 1.54) is 0 Å². The maximum absolute atomic E-state index is 12.3. The standard InChI is InChI=1S/C17H18N4O3/c1-9-15(10(2)22)16(21-17(18-9)19-11(3)20-21)12-4-5-13-14(8-12)24-7-6-23-13/h4-5,8,16H,6-7H2,1-3H3,(H,18,19,20). The summed E-state index contributed by atoms with van der Waals surface area (Å²) in [6.07, 6.45) is 0. The van der Waals surface area contributed by atoms with E-state index in [4.69, 9.17) is 9.47 Å². The van der Waals surface area contributed by atoms with Gasteiger partial charge in [0.1, 0.15) is 25.1 Å². The molecule has 2 aromatic rings. The summed E-state index contributed by atoms with van der Waals surface area (Å²) in [4.78, 5) is 16.7. The molecule has 2 aliphatic heterocycles. The zero-order valence-corrected chi connectivity index (χ0v) is 13.8. The third-order valence-corrected chi connectivity index (χ3v) is 4.22. The van der Waals surface area contributed by atoms with Gasteiger partial charge in [-0.15, -0.1) is 0 Å². The molecule has 7 nitrogen and oxygen atoms in total. The number of aryl methyl sites for hydroxylation is 1. The third-order valence-electron chi connectivity index (χ3n) is 4.22. The quantitative estimate of drug-likeness (QED) is 0.912. The van der Waals surface area contributed by atoms with E-state index in [9.17, 15) is 4.79 Å². The number of aromatic nitrogens is 3. The van der Waals surface area contributed by atoms with Crippen LogP contribution in [0.5, 0.6) is 11.5 Å². The highest BCUT2D eigenvalue weighted by Crippen LogP contribution is 2.39. The SMILES string of the molecule is CC(=O)C1=C(C)Nc2nc(C)nn2C1c1ccc2c(c1)OCCO2. The third kappa shape index (κ3) is 2.24. The maximum Gasteiger partial charge on any atom is 0.226 e. The molecule has 1 aromatic heterocycles. The van der Waals surface area contributed by atoms with E-state index >= 15 is 0 Å². The monoisotopic (exact) mass is 326 g/mol. The summed E-state index contributed by atoms with van der Waals surface area (Å²) in [5, 5.41) is 7.64. The number of nitrogens with one attached hydrogen (secondary N) is 1. The van der Waals surface area contributed by atoms with Gasteiger partial charge in [-0.1, -0.05) is 6.07 Å². The summed E-state index contributed by atoms with van der Waals surface area (Å²) in [5.74, 6) is 2.70. The van der Waals surface area contributed by atoms with Crippen molar-refractivity contribution in [1.82, 2.24) is 14.8 Å². The van der Waals surface area contributed by atoms with E-state index in [2.05, 4.69) is 15.4 Å². The van der Waals surface area contributed by atoms with E-state index in [-0.39, 0.29) is 11.8 Å². The first kappa shape index (κ1) is 14.7. The van der Waals surface area contributed by atoms with Crippen molar-refractivity contribution in [2.45, 2.75) is 26.8 Å². The second-order valence-electron chi connectivity index (χ2n) is 5.95. The Morgan fingerprint density at radius 2 is 2.00 bits per heavy atom. The van der Waals surface area contributed by atoms with Crippen LogP contribution in [0, 0.1) is 6.92 Å². The van der Waals surface area contributed by atoms with Crippen molar-refractivity contribution in [3.63, 3.8) is 0 Å². The van der Waals surface area contributed by atoms with Crippen LogP contribution < -0.4 is 14.8 Å². The van der Waals surface area contributed by atoms with Crippen LogP contribution in [-0.4, -0.2) is 33.8 Å². The van der Waals surface area contributed by atoms with Crippen molar-refractivity contribution in [2.75, 3.05) is 18.5 Å². The van der Waals surface area contributed by atoms with Crippen LogP contribution in [0.4, 0.5) is 5.95 Å². The number of hydrogen-bond acceptors (Lipinski definition) is 6. The minimum atomic E-state index is -0.337. The smallest absolute Gasteiger partial charge is 0.226 e. The van der Waals surface area contributed by atoms with E-state index in [1.807, 2.05) is 32.0 Å². The molecule has 1 atom stereocenters. The van der Waals surface area contributed by atoms with Gasteiger partial charge in [0.05, 0.1) is 0 Å². The molecule has 1 unspecified atom stereocenters. The van der Waals surface area contributed by atoms with Crippen LogP contribution >= 0.6 is 0 Å². The minimum absolute atomic E-state index is 0.00121.